The van der Waals surface area contributed by atoms with Gasteiger partial charge in [0.05, 0.1) is 12.6 Å². The molecule has 1 aliphatic heterocycles. The van der Waals surface area contributed by atoms with Crippen LogP contribution in [0.4, 0.5) is 0 Å². The maximum absolute atomic E-state index is 12.1. The van der Waals surface area contributed by atoms with Crippen LogP contribution in [-0.2, 0) is 9.53 Å². The fourth-order valence-corrected chi connectivity index (χ4v) is 2.54. The predicted octanol–water partition coefficient (Wildman–Crippen LogP) is 0.361. The summed E-state index contributed by atoms with van der Waals surface area (Å²) in [6, 6.07) is 0.515. The Morgan fingerprint density at radius 3 is 2.73 bits per heavy atom. The minimum absolute atomic E-state index is 0.158. The van der Waals surface area contributed by atoms with Gasteiger partial charge in [-0.3, -0.25) is 4.79 Å². The van der Waals surface area contributed by atoms with Gasteiger partial charge in [-0.1, -0.05) is 0 Å². The normalized spacial score (nSPS) is 35.7. The zero-order valence-corrected chi connectivity index (χ0v) is 9.32. The number of nitrogens with zero attached hydrogens (tertiary/aromatic N) is 1. The molecule has 2 rings (SSSR count). The van der Waals surface area contributed by atoms with Crippen LogP contribution in [0.3, 0.4) is 0 Å². The first-order valence-corrected chi connectivity index (χ1v) is 5.78. The number of ether oxygens (including phenoxy) is 1. The lowest BCUT2D eigenvalue weighted by Gasteiger charge is -2.26. The van der Waals surface area contributed by atoms with Gasteiger partial charge in [0.2, 0.25) is 5.91 Å². The van der Waals surface area contributed by atoms with Crippen LogP contribution in [-0.4, -0.2) is 43.2 Å². The van der Waals surface area contributed by atoms with E-state index < -0.39 is 0 Å². The molecule has 1 heterocycles. The van der Waals surface area contributed by atoms with Crippen molar-refractivity contribution < 1.29 is 9.53 Å². The number of carbonyl (C=O) groups excluding carboxylic acids is 1. The summed E-state index contributed by atoms with van der Waals surface area (Å²) in [4.78, 5) is 14.0. The van der Waals surface area contributed by atoms with Crippen molar-refractivity contribution in [1.82, 2.24) is 4.90 Å². The molecule has 0 spiro atoms. The topological polar surface area (TPSA) is 55.6 Å². The molecule has 2 aliphatic rings. The number of amides is 1. The van der Waals surface area contributed by atoms with Crippen molar-refractivity contribution >= 4 is 5.91 Å². The lowest BCUT2D eigenvalue weighted by Crippen LogP contribution is -2.40. The highest BCUT2D eigenvalue weighted by molar-refractivity contribution is 5.79. The molecule has 4 heteroatoms. The maximum Gasteiger partial charge on any atom is 0.225 e. The van der Waals surface area contributed by atoms with E-state index in [9.17, 15) is 4.79 Å². The Kier molecular flexibility index (Phi) is 3.26. The first-order chi connectivity index (χ1) is 7.18. The van der Waals surface area contributed by atoms with Crippen molar-refractivity contribution in [2.24, 2.45) is 11.7 Å². The van der Waals surface area contributed by atoms with Crippen molar-refractivity contribution in [2.75, 3.05) is 20.3 Å². The van der Waals surface area contributed by atoms with Crippen LogP contribution in [0.5, 0.6) is 0 Å². The van der Waals surface area contributed by atoms with Crippen molar-refractivity contribution in [1.29, 1.82) is 0 Å². The summed E-state index contributed by atoms with van der Waals surface area (Å²) in [5.74, 6) is 0.420. The minimum Gasteiger partial charge on any atom is -0.379 e. The average Bonchev–Trinajstić information content (AvgIpc) is 2.85. The van der Waals surface area contributed by atoms with Gasteiger partial charge >= 0.3 is 0 Å². The average molecular weight is 212 g/mol. The first-order valence-electron chi connectivity index (χ1n) is 5.78. The highest BCUT2D eigenvalue weighted by Crippen LogP contribution is 2.27. The minimum atomic E-state index is 0.158. The molecule has 2 fully saturated rings. The van der Waals surface area contributed by atoms with E-state index in [0.717, 1.165) is 32.3 Å². The van der Waals surface area contributed by atoms with Gasteiger partial charge in [0.15, 0.2) is 0 Å². The standard InChI is InChI=1S/C11H20N2O2/c1-13(10-4-5-15-7-10)11(14)8-2-3-9(12)6-8/h8-10H,2-7,12H2,1H3. The summed E-state index contributed by atoms with van der Waals surface area (Å²) < 4.78 is 5.29. The molecule has 0 radical (unpaired) electrons. The van der Waals surface area contributed by atoms with E-state index in [1.807, 2.05) is 11.9 Å². The van der Waals surface area contributed by atoms with Gasteiger partial charge in [-0.2, -0.15) is 0 Å². The lowest BCUT2D eigenvalue weighted by molar-refractivity contribution is -0.136. The molecule has 4 nitrogen and oxygen atoms in total. The van der Waals surface area contributed by atoms with Crippen LogP contribution in [0.1, 0.15) is 25.7 Å². The zero-order valence-electron chi connectivity index (χ0n) is 9.32. The second-order valence-corrected chi connectivity index (χ2v) is 4.74. The maximum atomic E-state index is 12.1. The Labute approximate surface area is 90.8 Å². The highest BCUT2D eigenvalue weighted by Gasteiger charge is 2.33. The van der Waals surface area contributed by atoms with E-state index in [-0.39, 0.29) is 23.9 Å². The fraction of sp³-hybridized carbons (Fsp3) is 0.909. The highest BCUT2D eigenvalue weighted by atomic mass is 16.5. The van der Waals surface area contributed by atoms with Gasteiger partial charge in [0, 0.05) is 25.6 Å². The van der Waals surface area contributed by atoms with E-state index in [2.05, 4.69) is 0 Å². The van der Waals surface area contributed by atoms with Crippen LogP contribution >= 0.6 is 0 Å². The molecular weight excluding hydrogens is 192 g/mol. The van der Waals surface area contributed by atoms with Gasteiger partial charge in [-0.05, 0) is 25.7 Å². The number of rotatable bonds is 2. The molecule has 0 aromatic carbocycles. The Hall–Kier alpha value is -0.610. The summed E-state index contributed by atoms with van der Waals surface area (Å²) in [5, 5.41) is 0. The van der Waals surface area contributed by atoms with Crippen molar-refractivity contribution in [3.8, 4) is 0 Å². The molecule has 15 heavy (non-hydrogen) atoms. The zero-order chi connectivity index (χ0) is 10.8. The molecule has 0 bridgehead atoms. The summed E-state index contributed by atoms with van der Waals surface area (Å²) >= 11 is 0. The molecule has 3 unspecified atom stereocenters. The fourth-order valence-electron chi connectivity index (χ4n) is 2.54. The quantitative estimate of drug-likeness (QED) is 0.719. The second-order valence-electron chi connectivity index (χ2n) is 4.74. The smallest absolute Gasteiger partial charge is 0.225 e. The van der Waals surface area contributed by atoms with E-state index in [1.165, 1.54) is 0 Å². The summed E-state index contributed by atoms with van der Waals surface area (Å²) in [5.41, 5.74) is 5.82. The number of likely N-dealkylation sites (N-methyl/N-ethyl adjacent to an activating group) is 1. The molecule has 86 valence electrons. The predicted molar refractivity (Wildman–Crippen MR) is 57.3 cm³/mol. The number of hydrogen-bond donors (Lipinski definition) is 1. The number of hydrogen-bond acceptors (Lipinski definition) is 3. The molecular formula is C11H20N2O2. The molecule has 0 aromatic heterocycles. The van der Waals surface area contributed by atoms with E-state index in [0.29, 0.717) is 6.61 Å². The molecule has 0 aromatic rings. The van der Waals surface area contributed by atoms with E-state index in [4.69, 9.17) is 10.5 Å². The Balaban J connectivity index is 1.89. The third kappa shape index (κ3) is 2.32. The van der Waals surface area contributed by atoms with E-state index in [1.54, 1.807) is 0 Å². The van der Waals surface area contributed by atoms with E-state index >= 15 is 0 Å². The number of nitrogens with two attached hydrogens (primary N) is 1. The van der Waals surface area contributed by atoms with Crippen LogP contribution < -0.4 is 5.73 Å². The largest absolute Gasteiger partial charge is 0.379 e. The summed E-state index contributed by atoms with van der Waals surface area (Å²) in [7, 11) is 1.89. The second kappa shape index (κ2) is 4.49. The summed E-state index contributed by atoms with van der Waals surface area (Å²) in [6.45, 7) is 1.48. The third-order valence-electron chi connectivity index (χ3n) is 3.62. The van der Waals surface area contributed by atoms with Gasteiger partial charge in [-0.15, -0.1) is 0 Å². The Bertz CT molecular complexity index is 239. The molecule has 1 aliphatic carbocycles. The summed E-state index contributed by atoms with van der Waals surface area (Å²) in [6.07, 6.45) is 3.78. The lowest BCUT2D eigenvalue weighted by atomic mass is 10.1. The SMILES string of the molecule is CN(C(=O)C1CCC(N)C1)C1CCOC1. The van der Waals surface area contributed by atoms with Crippen LogP contribution in [0.25, 0.3) is 0 Å². The van der Waals surface area contributed by atoms with Crippen molar-refractivity contribution in [3.05, 3.63) is 0 Å². The van der Waals surface area contributed by atoms with Gasteiger partial charge in [0.25, 0.3) is 0 Å². The van der Waals surface area contributed by atoms with Crippen LogP contribution in [0.15, 0.2) is 0 Å². The van der Waals surface area contributed by atoms with Crippen molar-refractivity contribution in [3.63, 3.8) is 0 Å². The number of carbonyl (C=O) groups is 1. The third-order valence-corrected chi connectivity index (χ3v) is 3.62. The monoisotopic (exact) mass is 212 g/mol. The van der Waals surface area contributed by atoms with Crippen LogP contribution in [0, 0.1) is 5.92 Å². The van der Waals surface area contributed by atoms with Gasteiger partial charge in [-0.25, -0.2) is 0 Å². The van der Waals surface area contributed by atoms with Crippen LogP contribution in [0.2, 0.25) is 0 Å². The Morgan fingerprint density at radius 1 is 1.40 bits per heavy atom. The first kappa shape index (κ1) is 10.9. The van der Waals surface area contributed by atoms with Gasteiger partial charge < -0.3 is 15.4 Å². The molecule has 2 N–H and O–H groups in total. The molecule has 1 saturated carbocycles. The Morgan fingerprint density at radius 2 is 2.20 bits per heavy atom. The molecule has 3 atom stereocenters. The van der Waals surface area contributed by atoms with Crippen molar-refractivity contribution in [2.45, 2.75) is 37.8 Å². The van der Waals surface area contributed by atoms with Gasteiger partial charge in [0.1, 0.15) is 0 Å². The molecule has 1 saturated heterocycles. The molecule has 1 amide bonds.